The molecule has 0 saturated carbocycles. The van der Waals surface area contributed by atoms with Crippen molar-refractivity contribution in [2.24, 2.45) is 0 Å². The summed E-state index contributed by atoms with van der Waals surface area (Å²) in [6, 6.07) is 0. The Morgan fingerprint density at radius 1 is 0.378 bits per heavy atom. The average Bonchev–Trinajstić information content (AvgIpc) is 3.03. The summed E-state index contributed by atoms with van der Waals surface area (Å²) in [6.07, 6.45) is -35.6. The number of hydrogen-bond donors (Lipinski definition) is 14. The fourth-order valence-electron chi connectivity index (χ4n) is 5.44. The molecule has 45 heavy (non-hydrogen) atoms. The molecule has 0 aromatic heterocycles. The van der Waals surface area contributed by atoms with Crippen molar-refractivity contribution in [1.29, 1.82) is 0 Å². The molecule has 4 aliphatic rings. The van der Waals surface area contributed by atoms with Gasteiger partial charge in [-0.15, -0.1) is 0 Å². The maximum absolute atomic E-state index is 11.1. The highest BCUT2D eigenvalue weighted by molar-refractivity contribution is 4.97. The fraction of sp³-hybridized carbons (Fsp3) is 1.00. The molecule has 0 radical (unpaired) electrons. The minimum Gasteiger partial charge on any atom is -0.394 e. The Morgan fingerprint density at radius 3 is 1.29 bits per heavy atom. The van der Waals surface area contributed by atoms with Crippen LogP contribution in [0.15, 0.2) is 0 Å². The van der Waals surface area contributed by atoms with Crippen LogP contribution in [0.3, 0.4) is 0 Å². The third kappa shape index (κ3) is 7.59. The van der Waals surface area contributed by atoms with Crippen molar-refractivity contribution in [3.8, 4) is 0 Å². The van der Waals surface area contributed by atoms with E-state index in [2.05, 4.69) is 0 Å². The van der Waals surface area contributed by atoms with Gasteiger partial charge in [-0.3, -0.25) is 0 Å². The Balaban J connectivity index is 1.56. The zero-order valence-electron chi connectivity index (χ0n) is 23.5. The van der Waals surface area contributed by atoms with E-state index >= 15 is 0 Å². The molecule has 0 unspecified atom stereocenters. The Morgan fingerprint density at radius 2 is 0.778 bits per heavy atom. The Bertz CT molecular complexity index is 912. The van der Waals surface area contributed by atoms with Crippen molar-refractivity contribution in [2.75, 3.05) is 26.4 Å². The van der Waals surface area contributed by atoms with Gasteiger partial charge in [-0.1, -0.05) is 0 Å². The van der Waals surface area contributed by atoms with E-state index in [1.165, 1.54) is 0 Å². The first kappa shape index (κ1) is 37.0. The zero-order valence-corrected chi connectivity index (χ0v) is 23.5. The van der Waals surface area contributed by atoms with E-state index < -0.39 is 149 Å². The van der Waals surface area contributed by atoms with E-state index in [0.717, 1.165) is 0 Å². The lowest BCUT2D eigenvalue weighted by atomic mass is 9.96. The van der Waals surface area contributed by atoms with E-state index in [0.29, 0.717) is 0 Å². The summed E-state index contributed by atoms with van der Waals surface area (Å²) in [7, 11) is 0. The van der Waals surface area contributed by atoms with Crippen molar-refractivity contribution >= 4 is 0 Å². The van der Waals surface area contributed by atoms with Gasteiger partial charge in [0.2, 0.25) is 0 Å². The normalized spacial score (nSPS) is 52.9. The molecular weight excluding hydrogens is 624 g/mol. The van der Waals surface area contributed by atoms with Crippen LogP contribution < -0.4 is 0 Å². The third-order valence-corrected chi connectivity index (χ3v) is 8.18. The maximum Gasteiger partial charge on any atom is 0.187 e. The smallest absolute Gasteiger partial charge is 0.187 e. The topological polar surface area (TPSA) is 348 Å². The van der Waals surface area contributed by atoms with E-state index in [1.807, 2.05) is 0 Å². The SMILES string of the molecule is OC[C@@H]1O[C@H](OC[C@@H]2O[C@H](O[C@H]3[C@@H](O)[C@@H](O)[C@@H](O)O[C@H]3CO)[C@@H](O)[C@H](O)[C@@H]2O[C@@H]2O[C@H](CO)[C@H](O)[C@H](O)[C@@H]2O)[C@@H](O)[C@H](O)[C@H]1O. The molecule has 14 N–H and O–H groups in total. The number of ether oxygens (including phenoxy) is 7. The first-order chi connectivity index (χ1) is 21.2. The summed E-state index contributed by atoms with van der Waals surface area (Å²) in [4.78, 5) is 0. The second-order valence-electron chi connectivity index (χ2n) is 11.2. The molecule has 21 heteroatoms. The molecule has 0 aliphatic carbocycles. The van der Waals surface area contributed by atoms with E-state index in [9.17, 15) is 71.5 Å². The summed E-state index contributed by atoms with van der Waals surface area (Å²) >= 11 is 0. The lowest BCUT2D eigenvalue weighted by Gasteiger charge is -2.48. The molecule has 4 saturated heterocycles. The first-order valence-corrected chi connectivity index (χ1v) is 14.1. The summed E-state index contributed by atoms with van der Waals surface area (Å²) in [5.41, 5.74) is 0. The van der Waals surface area contributed by atoms with Gasteiger partial charge < -0.3 is 105 Å². The second-order valence-corrected chi connectivity index (χ2v) is 11.2. The quantitative estimate of drug-likeness (QED) is 0.103. The van der Waals surface area contributed by atoms with Crippen LogP contribution in [0.5, 0.6) is 0 Å². The number of hydrogen-bond acceptors (Lipinski definition) is 21. The van der Waals surface area contributed by atoms with Gasteiger partial charge >= 0.3 is 0 Å². The average molecular weight is 667 g/mol. The van der Waals surface area contributed by atoms with Crippen LogP contribution in [0.2, 0.25) is 0 Å². The van der Waals surface area contributed by atoms with Gasteiger partial charge in [0.1, 0.15) is 97.7 Å². The lowest BCUT2D eigenvalue weighted by molar-refractivity contribution is -0.383. The zero-order chi connectivity index (χ0) is 33.3. The number of rotatable bonds is 10. The fourth-order valence-corrected chi connectivity index (χ4v) is 5.44. The molecule has 4 aliphatic heterocycles. The third-order valence-electron chi connectivity index (χ3n) is 8.18. The Labute approximate surface area is 254 Å². The summed E-state index contributed by atoms with van der Waals surface area (Å²) in [5, 5.41) is 142. The van der Waals surface area contributed by atoms with Crippen LogP contribution in [0, 0.1) is 0 Å². The number of aliphatic hydroxyl groups excluding tert-OH is 14. The van der Waals surface area contributed by atoms with Crippen molar-refractivity contribution < 1.29 is 105 Å². The predicted octanol–water partition coefficient (Wildman–Crippen LogP) is -9.75. The van der Waals surface area contributed by atoms with E-state index in [1.54, 1.807) is 0 Å². The molecular formula is C24H42O21. The molecule has 0 amide bonds. The lowest BCUT2D eigenvalue weighted by Crippen LogP contribution is -2.67. The van der Waals surface area contributed by atoms with Gasteiger partial charge in [0.15, 0.2) is 25.2 Å². The molecule has 4 rings (SSSR count). The van der Waals surface area contributed by atoms with Gasteiger partial charge in [0.25, 0.3) is 0 Å². The molecule has 21 nitrogen and oxygen atoms in total. The molecule has 264 valence electrons. The van der Waals surface area contributed by atoms with E-state index in [4.69, 9.17) is 33.2 Å². The van der Waals surface area contributed by atoms with Crippen LogP contribution in [-0.2, 0) is 33.2 Å². The van der Waals surface area contributed by atoms with Crippen molar-refractivity contribution in [3.05, 3.63) is 0 Å². The van der Waals surface area contributed by atoms with Crippen molar-refractivity contribution in [1.82, 2.24) is 0 Å². The van der Waals surface area contributed by atoms with Crippen LogP contribution >= 0.6 is 0 Å². The maximum atomic E-state index is 11.1. The number of aliphatic hydroxyl groups is 14. The Kier molecular flexibility index (Phi) is 12.8. The van der Waals surface area contributed by atoms with Crippen LogP contribution in [-0.4, -0.2) is 221 Å². The molecule has 0 spiro atoms. The highest BCUT2D eigenvalue weighted by atomic mass is 16.8. The van der Waals surface area contributed by atoms with Crippen molar-refractivity contribution in [3.63, 3.8) is 0 Å². The van der Waals surface area contributed by atoms with Gasteiger partial charge in [0.05, 0.1) is 26.4 Å². The second kappa shape index (κ2) is 15.6. The largest absolute Gasteiger partial charge is 0.394 e. The summed E-state index contributed by atoms with van der Waals surface area (Å²) in [5.74, 6) is 0. The monoisotopic (exact) mass is 666 g/mol. The molecule has 20 atom stereocenters. The molecule has 4 fully saturated rings. The molecule has 4 heterocycles. The molecule has 0 bridgehead atoms. The predicted molar refractivity (Wildman–Crippen MR) is 134 cm³/mol. The van der Waals surface area contributed by atoms with Crippen LogP contribution in [0.25, 0.3) is 0 Å². The first-order valence-electron chi connectivity index (χ1n) is 14.1. The van der Waals surface area contributed by atoms with Gasteiger partial charge in [-0.2, -0.15) is 0 Å². The summed E-state index contributed by atoms with van der Waals surface area (Å²) in [6.45, 7) is -3.21. The molecule has 0 aromatic carbocycles. The summed E-state index contributed by atoms with van der Waals surface area (Å²) < 4.78 is 38.0. The van der Waals surface area contributed by atoms with E-state index in [-0.39, 0.29) is 0 Å². The standard InChI is InChI=1S/C24H42O21/c25-1-5-9(28)11(30)16(35)22(41-5)39-4-8-20(45-23-17(36)12(31)10(29)6(2-26)42-23)14(33)18(37)24(43-8)44-19-7(3-27)40-21(38)15(34)13(19)32/h5-38H,1-4H2/t5-,6+,7-,8-,9-,10-,11+,12-,13-,14-,15+,16-,17-,18-,19+,20+,21-,22-,23-,24+/m0/s1. The highest BCUT2D eigenvalue weighted by Gasteiger charge is 2.54. The molecule has 0 aromatic rings. The van der Waals surface area contributed by atoms with Gasteiger partial charge in [-0.25, -0.2) is 0 Å². The minimum absolute atomic E-state index is 0.761. The van der Waals surface area contributed by atoms with Crippen LogP contribution in [0.4, 0.5) is 0 Å². The van der Waals surface area contributed by atoms with Crippen molar-refractivity contribution in [2.45, 2.75) is 123 Å². The Hall–Kier alpha value is -0.840. The van der Waals surface area contributed by atoms with Gasteiger partial charge in [0, 0.05) is 0 Å². The minimum atomic E-state index is -2.06. The van der Waals surface area contributed by atoms with Crippen LogP contribution in [0.1, 0.15) is 0 Å². The highest BCUT2D eigenvalue weighted by Crippen LogP contribution is 2.33. The van der Waals surface area contributed by atoms with Gasteiger partial charge in [-0.05, 0) is 0 Å².